The van der Waals surface area contributed by atoms with E-state index in [0.29, 0.717) is 27.4 Å². The summed E-state index contributed by atoms with van der Waals surface area (Å²) in [5.74, 6) is -0.383. The highest BCUT2D eigenvalue weighted by atomic mass is 16.2. The largest absolute Gasteiger partial charge is 0.289 e. The molecular formula is C83H124N2O2. The van der Waals surface area contributed by atoms with Gasteiger partial charge in [0.05, 0.1) is 17.7 Å². The molecule has 2 amide bonds. The average Bonchev–Trinajstić information content (AvgIpc) is 2.00. The lowest BCUT2D eigenvalue weighted by molar-refractivity contribution is 0.0507. The van der Waals surface area contributed by atoms with E-state index in [9.17, 15) is 9.59 Å². The van der Waals surface area contributed by atoms with Gasteiger partial charge in [0.2, 0.25) is 0 Å². The smallest absolute Gasteiger partial charge is 0.262 e. The fourth-order valence-corrected chi connectivity index (χ4v) is 8.64. The van der Waals surface area contributed by atoms with E-state index >= 15 is 0 Å². The molecule has 0 aromatic heterocycles. The van der Waals surface area contributed by atoms with Crippen LogP contribution in [0.25, 0.3) is 27.6 Å². The summed E-state index contributed by atoms with van der Waals surface area (Å²) in [5, 5.41) is 5.31. The van der Waals surface area contributed by atoms with Crippen molar-refractivity contribution >= 4 is 45.6 Å². The number of nitrogens with zero attached hydrogens (tertiary/aromatic N) is 2. The zero-order valence-corrected chi connectivity index (χ0v) is 60.9. The molecule has 10 rings (SSSR count). The first-order chi connectivity index (χ1) is 40.9. The third-order valence-corrected chi connectivity index (χ3v) is 13.7. The van der Waals surface area contributed by atoms with E-state index < -0.39 is 5.54 Å². The fraction of sp³-hybridized carbons (Fsp3) is 0.458. The monoisotopic (exact) mass is 1180 g/mol. The Balaban J connectivity index is 0. The maximum absolute atomic E-state index is 12.0. The van der Waals surface area contributed by atoms with Gasteiger partial charge in [-0.25, -0.2) is 0 Å². The number of carbonyl (C=O) groups excluding carboxylic acids is 2. The van der Waals surface area contributed by atoms with Crippen molar-refractivity contribution in [2.75, 3.05) is 6.54 Å². The van der Waals surface area contributed by atoms with Crippen molar-refractivity contribution in [1.29, 1.82) is 0 Å². The molecular weight excluding hydrogens is 1060 g/mol. The van der Waals surface area contributed by atoms with E-state index in [0.717, 1.165) is 13.0 Å². The number of amides is 2. The molecule has 0 bridgehead atoms. The lowest BCUT2D eigenvalue weighted by Crippen LogP contribution is -2.45. The summed E-state index contributed by atoms with van der Waals surface area (Å²) in [7, 11) is 0. The van der Waals surface area contributed by atoms with Crippen molar-refractivity contribution in [2.24, 2.45) is 15.8 Å². The Morgan fingerprint density at radius 1 is 0.345 bits per heavy atom. The van der Waals surface area contributed by atoms with Gasteiger partial charge >= 0.3 is 0 Å². The summed E-state index contributed by atoms with van der Waals surface area (Å²) in [6.07, 6.45) is 7.48. The van der Waals surface area contributed by atoms with Crippen LogP contribution >= 0.6 is 0 Å². The van der Waals surface area contributed by atoms with Gasteiger partial charge in [-0.3, -0.25) is 19.5 Å². The quantitative estimate of drug-likeness (QED) is 0.142. The van der Waals surface area contributed by atoms with Crippen molar-refractivity contribution in [2.45, 2.75) is 236 Å². The van der Waals surface area contributed by atoms with Gasteiger partial charge in [0, 0.05) is 11.8 Å². The van der Waals surface area contributed by atoms with E-state index in [1.54, 1.807) is 29.8 Å². The SMILES string of the molecule is CC.CC.CC.CC.CC.CC.CC(C)(C)C1=CC=NC1.CC(C)(C)C1=Cc2ccccc2C1.CC(C)(C)N1C(=O)c2ccccc2C1=O.CC(C)(C)c1ccc2ccccc2c1.CC(C)(C)c1ccc2ccccc2c1.CC(C)(C)c1ccccc1. The van der Waals surface area contributed by atoms with E-state index in [-0.39, 0.29) is 22.6 Å². The maximum Gasteiger partial charge on any atom is 0.262 e. The highest BCUT2D eigenvalue weighted by molar-refractivity contribution is 6.21. The topological polar surface area (TPSA) is 49.7 Å². The van der Waals surface area contributed by atoms with E-state index in [2.05, 4.69) is 261 Å². The number of hydrogen-bond acceptors (Lipinski definition) is 3. The Morgan fingerprint density at radius 2 is 0.690 bits per heavy atom. The first-order valence-electron chi connectivity index (χ1n) is 32.9. The minimum Gasteiger partial charge on any atom is -0.289 e. The number of hydrogen-bond donors (Lipinski definition) is 0. The van der Waals surface area contributed by atoms with Crippen LogP contribution in [-0.2, 0) is 22.7 Å². The minimum absolute atomic E-state index is 0.192. The Hall–Kier alpha value is -6.65. The molecule has 0 atom stereocenters. The van der Waals surface area contributed by atoms with Crippen molar-refractivity contribution in [1.82, 2.24) is 4.90 Å². The number of fused-ring (bicyclic) bond motifs is 4. The first-order valence-corrected chi connectivity index (χ1v) is 32.9. The summed E-state index contributed by atoms with van der Waals surface area (Å²) in [4.78, 5) is 29.3. The summed E-state index contributed by atoms with van der Waals surface area (Å²) >= 11 is 0. The van der Waals surface area contributed by atoms with E-state index in [4.69, 9.17) is 0 Å². The van der Waals surface area contributed by atoms with Gasteiger partial charge in [0.25, 0.3) is 11.8 Å². The van der Waals surface area contributed by atoms with E-state index in [1.807, 2.05) is 110 Å². The lowest BCUT2D eigenvalue weighted by atomic mass is 9.85. The second-order valence-corrected chi connectivity index (χ2v) is 26.1. The van der Waals surface area contributed by atoms with Crippen molar-refractivity contribution in [3.63, 3.8) is 0 Å². The predicted molar refractivity (Wildman–Crippen MR) is 394 cm³/mol. The molecule has 0 N–H and O–H groups in total. The molecule has 0 fully saturated rings. The molecule has 0 saturated carbocycles. The Labute approximate surface area is 535 Å². The fourth-order valence-electron chi connectivity index (χ4n) is 8.64. The molecule has 7 aromatic carbocycles. The first kappa shape index (κ1) is 82.4. The van der Waals surface area contributed by atoms with Gasteiger partial charge in [-0.2, -0.15) is 0 Å². The van der Waals surface area contributed by atoms with Gasteiger partial charge in [0.15, 0.2) is 0 Å². The van der Waals surface area contributed by atoms with Gasteiger partial charge in [-0.15, -0.1) is 0 Å². The van der Waals surface area contributed by atoms with Crippen LogP contribution < -0.4 is 0 Å². The maximum atomic E-state index is 12.0. The number of aliphatic imine (C=N–C) groups is 1. The molecule has 0 saturated heterocycles. The minimum atomic E-state index is -0.465. The van der Waals surface area contributed by atoms with Crippen LogP contribution in [0.3, 0.4) is 0 Å². The summed E-state index contributed by atoms with van der Waals surface area (Å²) < 4.78 is 0. The van der Waals surface area contributed by atoms with Crippen LogP contribution in [0.4, 0.5) is 0 Å². The van der Waals surface area contributed by atoms with Gasteiger partial charge in [0.1, 0.15) is 0 Å². The highest BCUT2D eigenvalue weighted by Crippen LogP contribution is 2.36. The number of imide groups is 1. The summed E-state index contributed by atoms with van der Waals surface area (Å²) in [6.45, 7) is 64.1. The Kier molecular flexibility index (Phi) is 37.9. The van der Waals surface area contributed by atoms with Gasteiger partial charge < -0.3 is 0 Å². The van der Waals surface area contributed by atoms with Crippen molar-refractivity contribution < 1.29 is 9.59 Å². The molecule has 87 heavy (non-hydrogen) atoms. The third-order valence-electron chi connectivity index (χ3n) is 13.7. The molecule has 0 spiro atoms. The van der Waals surface area contributed by atoms with Gasteiger partial charge in [-0.1, -0.05) is 350 Å². The molecule has 3 aliphatic rings. The number of allylic oxidation sites excluding steroid dienone is 2. The molecule has 478 valence electrons. The van der Waals surface area contributed by atoms with Gasteiger partial charge in [-0.05, 0) is 127 Å². The predicted octanol–water partition coefficient (Wildman–Crippen LogP) is 25.2. The molecule has 0 radical (unpaired) electrons. The van der Waals surface area contributed by atoms with Crippen LogP contribution in [-0.4, -0.2) is 35.0 Å². The second-order valence-electron chi connectivity index (χ2n) is 26.1. The zero-order chi connectivity index (χ0) is 67.6. The molecule has 2 heterocycles. The number of benzene rings is 7. The molecule has 2 aliphatic heterocycles. The lowest BCUT2D eigenvalue weighted by Gasteiger charge is -2.29. The average molecular weight is 1180 g/mol. The Bertz CT molecular complexity index is 3000. The van der Waals surface area contributed by atoms with Crippen LogP contribution in [0, 0.1) is 10.8 Å². The zero-order valence-electron chi connectivity index (χ0n) is 60.9. The highest BCUT2D eigenvalue weighted by Gasteiger charge is 2.41. The normalized spacial score (nSPS) is 12.5. The molecule has 4 nitrogen and oxygen atoms in total. The Morgan fingerprint density at radius 3 is 1.00 bits per heavy atom. The molecule has 0 unspecified atom stereocenters. The van der Waals surface area contributed by atoms with Crippen LogP contribution in [0.5, 0.6) is 0 Å². The van der Waals surface area contributed by atoms with Crippen LogP contribution in [0.2, 0.25) is 0 Å². The summed E-state index contributed by atoms with van der Waals surface area (Å²) in [6, 6.07) is 56.6. The molecule has 1 aliphatic carbocycles. The van der Waals surface area contributed by atoms with E-state index in [1.165, 1.54) is 59.8 Å². The second kappa shape index (κ2) is 40.0. The van der Waals surface area contributed by atoms with Crippen LogP contribution in [0.1, 0.15) is 256 Å². The van der Waals surface area contributed by atoms with Crippen LogP contribution in [0.15, 0.2) is 186 Å². The van der Waals surface area contributed by atoms with Crippen molar-refractivity contribution in [3.05, 3.63) is 220 Å². The number of carbonyl (C=O) groups is 2. The summed E-state index contributed by atoms with van der Waals surface area (Å²) in [5.41, 5.74) is 12.0. The molecule has 4 heteroatoms. The third kappa shape index (κ3) is 27.9. The number of rotatable bonds is 0. The standard InChI is InChI=1S/2C14H16.C13H16.C12H13NO2.C10H14.C8H13N.6C2H6/c2*1-14(2,3)13-9-8-11-6-4-5-7-12(11)10-13;1-13(2,3)12-8-10-6-4-5-7-11(10)9-12;1-12(2,3)13-10(14)8-6-4-5-7-9(8)11(13)15;1-10(2,3)9-7-5-4-6-8-9;1-8(2,3)7-4-5-9-6-7;6*1-2/h2*4-10H,1-3H3;4-8H,9H2,1-3H3;4-7H,1-3H3;4-8H,1-3H3;4-5H,6H2,1-3H3;6*1-2H3. The molecule has 7 aromatic rings. The van der Waals surface area contributed by atoms with Crippen molar-refractivity contribution in [3.8, 4) is 0 Å².